The number of carbonyl (C=O) groups is 1. The molecule has 0 saturated heterocycles. The zero-order valence-electron chi connectivity index (χ0n) is 13.4. The van der Waals surface area contributed by atoms with Gasteiger partial charge in [0.2, 0.25) is 0 Å². The minimum atomic E-state index is -0.0884. The molecule has 3 saturated carbocycles. The van der Waals surface area contributed by atoms with Gasteiger partial charge in [0, 0.05) is 12.8 Å². The average Bonchev–Trinajstić information content (AvgIpc) is 2.76. The summed E-state index contributed by atoms with van der Waals surface area (Å²) < 4.78 is 0. The van der Waals surface area contributed by atoms with Crippen LogP contribution in [0.5, 0.6) is 0 Å². The van der Waals surface area contributed by atoms with E-state index < -0.39 is 0 Å². The molecule has 0 aromatic rings. The Hall–Kier alpha value is -0.630. The van der Waals surface area contributed by atoms with Gasteiger partial charge in [-0.15, -0.1) is 0 Å². The maximum atomic E-state index is 11.8. The molecule has 0 heterocycles. The van der Waals surface area contributed by atoms with Crippen LogP contribution in [-0.2, 0) is 4.79 Å². The maximum absolute atomic E-state index is 11.8. The van der Waals surface area contributed by atoms with Crippen molar-refractivity contribution in [2.75, 3.05) is 0 Å². The quantitative estimate of drug-likeness (QED) is 0.687. The predicted molar refractivity (Wildman–Crippen MR) is 82.7 cm³/mol. The zero-order chi connectivity index (χ0) is 14.8. The van der Waals surface area contributed by atoms with Crippen molar-refractivity contribution in [2.24, 2.45) is 28.6 Å². The fourth-order valence-electron chi connectivity index (χ4n) is 6.45. The highest BCUT2D eigenvalue weighted by atomic mass is 16.3. The number of rotatable bonds is 0. The lowest BCUT2D eigenvalue weighted by Gasteiger charge is -2.57. The third-order valence-corrected chi connectivity index (χ3v) is 7.89. The van der Waals surface area contributed by atoms with E-state index in [4.69, 9.17) is 0 Å². The monoisotopic (exact) mass is 288 g/mol. The summed E-state index contributed by atoms with van der Waals surface area (Å²) >= 11 is 0. The Bertz CT molecular complexity index is 508. The minimum absolute atomic E-state index is 0.0884. The molecule has 0 unspecified atom stereocenters. The second-order valence-electron chi connectivity index (χ2n) is 8.61. The van der Waals surface area contributed by atoms with Crippen molar-refractivity contribution in [1.29, 1.82) is 0 Å². The number of fused-ring (bicyclic) bond motifs is 5. The van der Waals surface area contributed by atoms with Gasteiger partial charge in [-0.2, -0.15) is 0 Å². The lowest BCUT2D eigenvalue weighted by molar-refractivity contribution is -0.122. The molecule has 4 rings (SSSR count). The molecule has 0 aromatic heterocycles. The third-order valence-electron chi connectivity index (χ3n) is 7.89. The van der Waals surface area contributed by atoms with Gasteiger partial charge in [-0.3, -0.25) is 4.79 Å². The number of Topliss-reactive ketones (excluding diaryl/α,β-unsaturated/α-hetero) is 1. The molecule has 0 bridgehead atoms. The number of hydrogen-bond acceptors (Lipinski definition) is 2. The summed E-state index contributed by atoms with van der Waals surface area (Å²) in [5, 5.41) is 10.4. The number of aliphatic hydroxyl groups excluding tert-OH is 1. The topological polar surface area (TPSA) is 37.3 Å². The first-order valence-electron chi connectivity index (χ1n) is 8.84. The van der Waals surface area contributed by atoms with Crippen LogP contribution in [0.3, 0.4) is 0 Å². The Morgan fingerprint density at radius 3 is 2.76 bits per heavy atom. The highest BCUT2D eigenvalue weighted by molar-refractivity contribution is 5.82. The molecular formula is C19H28O2. The molecule has 2 nitrogen and oxygen atoms in total. The second-order valence-corrected chi connectivity index (χ2v) is 8.61. The molecular weight excluding hydrogens is 260 g/mol. The van der Waals surface area contributed by atoms with Crippen LogP contribution >= 0.6 is 0 Å². The summed E-state index contributed by atoms with van der Waals surface area (Å²) in [6.07, 6.45) is 10.6. The normalized spacial score (nSPS) is 52.7. The summed E-state index contributed by atoms with van der Waals surface area (Å²) in [5.41, 5.74) is 1.88. The van der Waals surface area contributed by atoms with Crippen molar-refractivity contribution in [3.8, 4) is 0 Å². The van der Waals surface area contributed by atoms with Crippen LogP contribution in [0.2, 0.25) is 0 Å². The highest BCUT2D eigenvalue weighted by Crippen LogP contribution is 2.64. The molecule has 4 aliphatic carbocycles. The fourth-order valence-corrected chi connectivity index (χ4v) is 6.45. The maximum Gasteiger partial charge on any atom is 0.136 e. The van der Waals surface area contributed by atoms with Crippen LogP contribution in [0.15, 0.2) is 11.6 Å². The lowest BCUT2D eigenvalue weighted by atomic mass is 9.48. The average molecular weight is 288 g/mol. The minimum Gasteiger partial charge on any atom is -0.393 e. The summed E-state index contributed by atoms with van der Waals surface area (Å²) in [6.45, 7) is 4.76. The van der Waals surface area contributed by atoms with Crippen molar-refractivity contribution in [3.05, 3.63) is 11.6 Å². The number of allylic oxidation sites excluding steroid dienone is 2. The molecule has 0 amide bonds. The van der Waals surface area contributed by atoms with Gasteiger partial charge in [-0.05, 0) is 67.1 Å². The van der Waals surface area contributed by atoms with Crippen molar-refractivity contribution < 1.29 is 9.90 Å². The molecule has 0 spiro atoms. The van der Waals surface area contributed by atoms with Gasteiger partial charge in [-0.25, -0.2) is 0 Å². The number of aliphatic hydroxyl groups is 1. The van der Waals surface area contributed by atoms with Gasteiger partial charge in [0.1, 0.15) is 5.78 Å². The SMILES string of the molecule is C[C@@]12CC[C@H]3[C@@H](CC=C4CC(=O)CC[C@@]43C)[C@@H]1CC[C@@H]2O. The molecule has 2 heteroatoms. The molecule has 6 atom stereocenters. The van der Waals surface area contributed by atoms with E-state index in [9.17, 15) is 9.90 Å². The van der Waals surface area contributed by atoms with Crippen LogP contribution in [0.4, 0.5) is 0 Å². The Morgan fingerprint density at radius 2 is 1.95 bits per heavy atom. The van der Waals surface area contributed by atoms with Gasteiger partial charge in [0.25, 0.3) is 0 Å². The number of hydrogen-bond donors (Lipinski definition) is 1. The Kier molecular flexibility index (Phi) is 2.96. The molecule has 116 valence electrons. The first-order chi connectivity index (χ1) is 9.95. The third kappa shape index (κ3) is 1.78. The van der Waals surface area contributed by atoms with Gasteiger partial charge < -0.3 is 5.11 Å². The van der Waals surface area contributed by atoms with E-state index in [0.717, 1.165) is 37.5 Å². The van der Waals surface area contributed by atoms with Crippen molar-refractivity contribution in [3.63, 3.8) is 0 Å². The molecule has 0 radical (unpaired) electrons. The van der Waals surface area contributed by atoms with E-state index in [0.29, 0.717) is 18.1 Å². The smallest absolute Gasteiger partial charge is 0.136 e. The standard InChI is InChI=1S/C19H28O2/c1-18-9-7-13(20)11-12(18)3-4-14-15-5-6-17(21)19(15,2)10-8-16(14)18/h3,14-17,21H,4-11H2,1-2H3/t14-,15-,16-,17-,18-,19+/m0/s1. The number of ketones is 1. The molecule has 4 aliphatic rings. The fraction of sp³-hybridized carbons (Fsp3) is 0.842. The number of carbonyl (C=O) groups excluding carboxylic acids is 1. The van der Waals surface area contributed by atoms with E-state index in [1.165, 1.54) is 24.8 Å². The Balaban J connectivity index is 1.69. The molecule has 3 fully saturated rings. The molecule has 21 heavy (non-hydrogen) atoms. The lowest BCUT2D eigenvalue weighted by Crippen LogP contribution is -2.50. The first-order valence-corrected chi connectivity index (χ1v) is 8.84. The van der Waals surface area contributed by atoms with Crippen molar-refractivity contribution in [2.45, 2.75) is 71.3 Å². The van der Waals surface area contributed by atoms with E-state index in [1.807, 2.05) is 0 Å². The van der Waals surface area contributed by atoms with Crippen LogP contribution < -0.4 is 0 Å². The Labute approximate surface area is 128 Å². The van der Waals surface area contributed by atoms with Gasteiger partial charge in [0.05, 0.1) is 6.10 Å². The second kappa shape index (κ2) is 4.44. The van der Waals surface area contributed by atoms with Crippen LogP contribution in [0, 0.1) is 28.6 Å². The van der Waals surface area contributed by atoms with E-state index in [1.54, 1.807) is 0 Å². The Morgan fingerprint density at radius 1 is 1.14 bits per heavy atom. The van der Waals surface area contributed by atoms with E-state index in [-0.39, 0.29) is 16.9 Å². The summed E-state index contributed by atoms with van der Waals surface area (Å²) in [6, 6.07) is 0. The van der Waals surface area contributed by atoms with Crippen LogP contribution in [0.25, 0.3) is 0 Å². The molecule has 0 aliphatic heterocycles. The van der Waals surface area contributed by atoms with Crippen LogP contribution in [0.1, 0.15) is 65.2 Å². The van der Waals surface area contributed by atoms with Gasteiger partial charge >= 0.3 is 0 Å². The summed E-state index contributed by atoms with van der Waals surface area (Å²) in [5.74, 6) is 2.62. The predicted octanol–water partition coefficient (Wildman–Crippen LogP) is 3.88. The van der Waals surface area contributed by atoms with Gasteiger partial charge in [0.15, 0.2) is 0 Å². The molecule has 0 aromatic carbocycles. The van der Waals surface area contributed by atoms with Gasteiger partial charge in [-0.1, -0.05) is 25.5 Å². The van der Waals surface area contributed by atoms with E-state index in [2.05, 4.69) is 19.9 Å². The molecule has 1 N–H and O–H groups in total. The summed E-state index contributed by atoms with van der Waals surface area (Å²) in [7, 11) is 0. The summed E-state index contributed by atoms with van der Waals surface area (Å²) in [4.78, 5) is 11.8. The van der Waals surface area contributed by atoms with Crippen LogP contribution in [-0.4, -0.2) is 17.0 Å². The zero-order valence-corrected chi connectivity index (χ0v) is 13.4. The largest absolute Gasteiger partial charge is 0.393 e. The highest BCUT2D eigenvalue weighted by Gasteiger charge is 2.58. The van der Waals surface area contributed by atoms with E-state index >= 15 is 0 Å². The van der Waals surface area contributed by atoms with Crippen molar-refractivity contribution >= 4 is 5.78 Å². The first kappa shape index (κ1) is 14.0. The van der Waals surface area contributed by atoms with Crippen molar-refractivity contribution in [1.82, 2.24) is 0 Å².